The van der Waals surface area contributed by atoms with Gasteiger partial charge in [0.25, 0.3) is 0 Å². The van der Waals surface area contributed by atoms with Crippen LogP contribution in [0.1, 0.15) is 21.5 Å². The Morgan fingerprint density at radius 3 is 2.32 bits per heavy atom. The highest BCUT2D eigenvalue weighted by Crippen LogP contribution is 2.12. The fourth-order valence-corrected chi connectivity index (χ4v) is 2.81. The zero-order valence-corrected chi connectivity index (χ0v) is 11.9. The zero-order valence-electron chi connectivity index (χ0n) is 11.1. The van der Waals surface area contributed by atoms with Gasteiger partial charge in [-0.3, -0.25) is 9.00 Å². The van der Waals surface area contributed by atoms with Crippen LogP contribution >= 0.6 is 0 Å². The quantitative estimate of drug-likeness (QED) is 0.800. The van der Waals surface area contributed by atoms with Crippen LogP contribution in [0.5, 0.6) is 0 Å². The van der Waals surface area contributed by atoms with Gasteiger partial charge in [-0.25, -0.2) is 0 Å². The predicted molar refractivity (Wildman–Crippen MR) is 78.0 cm³/mol. The number of rotatable bonds is 4. The molecule has 0 fully saturated rings. The molecule has 2 aromatic rings. The highest BCUT2D eigenvalue weighted by Gasteiger charge is 2.12. The van der Waals surface area contributed by atoms with E-state index >= 15 is 0 Å². The summed E-state index contributed by atoms with van der Waals surface area (Å²) in [4.78, 5) is 12.8. The summed E-state index contributed by atoms with van der Waals surface area (Å²) < 4.78 is 12.1. The van der Waals surface area contributed by atoms with Gasteiger partial charge in [0.2, 0.25) is 0 Å². The Hall–Kier alpha value is -1.74. The van der Waals surface area contributed by atoms with E-state index < -0.39 is 10.8 Å². The number of hydrogen-bond donors (Lipinski definition) is 0. The molecule has 0 bridgehead atoms. The maximum Gasteiger partial charge on any atom is 0.175 e. The van der Waals surface area contributed by atoms with E-state index in [1.165, 1.54) is 0 Å². The van der Waals surface area contributed by atoms with Crippen LogP contribution in [-0.2, 0) is 10.8 Å². The third-order valence-electron chi connectivity index (χ3n) is 3.10. The number of aryl methyl sites for hydroxylation is 2. The minimum Gasteiger partial charge on any atom is -0.293 e. The van der Waals surface area contributed by atoms with Crippen LogP contribution in [0, 0.1) is 13.8 Å². The largest absolute Gasteiger partial charge is 0.293 e. The Kier molecular flexibility index (Phi) is 4.27. The molecule has 0 aliphatic carbocycles. The van der Waals surface area contributed by atoms with Gasteiger partial charge < -0.3 is 0 Å². The number of hydrogen-bond acceptors (Lipinski definition) is 2. The summed E-state index contributed by atoms with van der Waals surface area (Å²) in [5.41, 5.74) is 2.87. The molecule has 0 aliphatic heterocycles. The summed E-state index contributed by atoms with van der Waals surface area (Å²) in [5, 5.41) is 0. The SMILES string of the molecule is Cc1ccc(C(=O)CS(=O)c2ccccc2)cc1C. The lowest BCUT2D eigenvalue weighted by atomic mass is 10.0. The van der Waals surface area contributed by atoms with E-state index in [0.717, 1.165) is 11.1 Å². The maximum atomic E-state index is 12.1. The second-order valence-corrected chi connectivity index (χ2v) is 5.98. The first kappa shape index (κ1) is 13.7. The Bertz CT molecular complexity index is 618. The Morgan fingerprint density at radius 2 is 1.68 bits per heavy atom. The molecule has 98 valence electrons. The number of ketones is 1. The molecule has 0 aromatic heterocycles. The van der Waals surface area contributed by atoms with Crippen LogP contribution in [-0.4, -0.2) is 15.7 Å². The van der Waals surface area contributed by atoms with Crippen molar-refractivity contribution in [2.24, 2.45) is 0 Å². The number of benzene rings is 2. The van der Waals surface area contributed by atoms with Crippen LogP contribution in [0.2, 0.25) is 0 Å². The van der Waals surface area contributed by atoms with Gasteiger partial charge in [-0.2, -0.15) is 0 Å². The van der Waals surface area contributed by atoms with Crippen molar-refractivity contribution in [2.45, 2.75) is 18.7 Å². The van der Waals surface area contributed by atoms with E-state index in [4.69, 9.17) is 0 Å². The van der Waals surface area contributed by atoms with Crippen LogP contribution in [0.15, 0.2) is 53.4 Å². The normalized spacial score (nSPS) is 12.1. The van der Waals surface area contributed by atoms with E-state index in [1.54, 1.807) is 18.2 Å². The summed E-state index contributed by atoms with van der Waals surface area (Å²) in [5.74, 6) is -0.0442. The molecule has 3 heteroatoms. The lowest BCUT2D eigenvalue weighted by Gasteiger charge is -2.05. The van der Waals surface area contributed by atoms with Gasteiger partial charge in [0.1, 0.15) is 0 Å². The van der Waals surface area contributed by atoms with Gasteiger partial charge in [-0.15, -0.1) is 0 Å². The van der Waals surface area contributed by atoms with E-state index in [0.29, 0.717) is 10.5 Å². The number of carbonyl (C=O) groups excluding carboxylic acids is 1. The fourth-order valence-electron chi connectivity index (χ4n) is 1.77. The van der Waals surface area contributed by atoms with E-state index in [9.17, 15) is 9.00 Å². The van der Waals surface area contributed by atoms with E-state index in [-0.39, 0.29) is 11.5 Å². The Labute approximate surface area is 115 Å². The zero-order chi connectivity index (χ0) is 13.8. The topological polar surface area (TPSA) is 34.1 Å². The van der Waals surface area contributed by atoms with E-state index in [1.807, 2.05) is 44.2 Å². The molecule has 0 saturated heterocycles. The molecule has 0 spiro atoms. The number of Topliss-reactive ketones (excluding diaryl/α,β-unsaturated/α-hetero) is 1. The smallest absolute Gasteiger partial charge is 0.175 e. The summed E-state index contributed by atoms with van der Waals surface area (Å²) in [6, 6.07) is 14.7. The maximum absolute atomic E-state index is 12.1. The van der Waals surface area contributed by atoms with Crippen molar-refractivity contribution in [1.82, 2.24) is 0 Å². The highest BCUT2D eigenvalue weighted by molar-refractivity contribution is 7.85. The molecular weight excluding hydrogens is 256 g/mol. The molecule has 0 radical (unpaired) electrons. The van der Waals surface area contributed by atoms with Crippen molar-refractivity contribution >= 4 is 16.6 Å². The molecule has 1 unspecified atom stereocenters. The third-order valence-corrected chi connectivity index (χ3v) is 4.42. The van der Waals surface area contributed by atoms with Crippen molar-refractivity contribution < 1.29 is 9.00 Å². The van der Waals surface area contributed by atoms with Gasteiger partial charge in [0, 0.05) is 10.5 Å². The molecule has 0 heterocycles. The number of carbonyl (C=O) groups is 1. The van der Waals surface area contributed by atoms with Crippen molar-refractivity contribution in [2.75, 3.05) is 5.75 Å². The summed E-state index contributed by atoms with van der Waals surface area (Å²) in [6.07, 6.45) is 0. The lowest BCUT2D eigenvalue weighted by Crippen LogP contribution is -2.11. The molecule has 1 atom stereocenters. The summed E-state index contributed by atoms with van der Waals surface area (Å²) in [6.45, 7) is 3.98. The monoisotopic (exact) mass is 272 g/mol. The molecule has 0 N–H and O–H groups in total. The van der Waals surface area contributed by atoms with Crippen molar-refractivity contribution in [1.29, 1.82) is 0 Å². The minimum atomic E-state index is -1.28. The van der Waals surface area contributed by atoms with Crippen molar-refractivity contribution in [3.05, 3.63) is 65.2 Å². The van der Waals surface area contributed by atoms with Gasteiger partial charge in [0.05, 0.1) is 16.6 Å². The third kappa shape index (κ3) is 3.38. The van der Waals surface area contributed by atoms with Gasteiger partial charge >= 0.3 is 0 Å². The highest BCUT2D eigenvalue weighted by atomic mass is 32.2. The fraction of sp³-hybridized carbons (Fsp3) is 0.188. The molecule has 0 aliphatic rings. The molecule has 0 amide bonds. The predicted octanol–water partition coefficient (Wildman–Crippen LogP) is 3.29. The van der Waals surface area contributed by atoms with Gasteiger partial charge in [-0.05, 0) is 43.2 Å². The van der Waals surface area contributed by atoms with Gasteiger partial charge in [0.15, 0.2) is 5.78 Å². The Balaban J connectivity index is 2.13. The average molecular weight is 272 g/mol. The first-order valence-electron chi connectivity index (χ1n) is 6.12. The Morgan fingerprint density at radius 1 is 1.00 bits per heavy atom. The second kappa shape index (κ2) is 5.93. The summed E-state index contributed by atoms with van der Waals surface area (Å²) >= 11 is 0. The standard InChI is InChI=1S/C16H16O2S/c1-12-8-9-14(10-13(12)2)16(17)11-19(18)15-6-4-3-5-7-15/h3-10H,11H2,1-2H3. The average Bonchev–Trinajstić information content (AvgIpc) is 2.42. The lowest BCUT2D eigenvalue weighted by molar-refractivity contribution is 0.102. The van der Waals surface area contributed by atoms with Crippen molar-refractivity contribution in [3.63, 3.8) is 0 Å². The van der Waals surface area contributed by atoms with Crippen LogP contribution < -0.4 is 0 Å². The molecule has 19 heavy (non-hydrogen) atoms. The van der Waals surface area contributed by atoms with Crippen LogP contribution in [0.25, 0.3) is 0 Å². The molecular formula is C16H16O2S. The van der Waals surface area contributed by atoms with Crippen LogP contribution in [0.3, 0.4) is 0 Å². The van der Waals surface area contributed by atoms with Crippen molar-refractivity contribution in [3.8, 4) is 0 Å². The molecule has 2 rings (SSSR count). The second-order valence-electron chi connectivity index (χ2n) is 4.53. The molecule has 2 aromatic carbocycles. The first-order chi connectivity index (χ1) is 9.08. The first-order valence-corrected chi connectivity index (χ1v) is 7.43. The molecule has 0 saturated carbocycles. The van der Waals surface area contributed by atoms with Gasteiger partial charge in [-0.1, -0.05) is 30.3 Å². The molecule has 2 nitrogen and oxygen atoms in total. The minimum absolute atomic E-state index is 0.0342. The van der Waals surface area contributed by atoms with Crippen LogP contribution in [0.4, 0.5) is 0 Å². The van der Waals surface area contributed by atoms with E-state index in [2.05, 4.69) is 0 Å². The summed E-state index contributed by atoms with van der Waals surface area (Å²) in [7, 11) is -1.28.